The van der Waals surface area contributed by atoms with Gasteiger partial charge >= 0.3 is 0 Å². The third-order valence-electron chi connectivity index (χ3n) is 3.85. The Labute approximate surface area is 104 Å². The van der Waals surface area contributed by atoms with E-state index in [1.54, 1.807) is 0 Å². The Hall–Kier alpha value is -0.960. The van der Waals surface area contributed by atoms with Crippen LogP contribution in [0.1, 0.15) is 68.6 Å². The van der Waals surface area contributed by atoms with Crippen LogP contribution < -0.4 is 5.32 Å². The number of aromatic nitrogens is 2. The van der Waals surface area contributed by atoms with Crippen LogP contribution in [0.3, 0.4) is 0 Å². The zero-order valence-electron chi connectivity index (χ0n) is 11.2. The van der Waals surface area contributed by atoms with Crippen molar-refractivity contribution in [2.24, 2.45) is 0 Å². The molecule has 3 heteroatoms. The largest absolute Gasteiger partial charge is 0.313 e. The molecule has 1 heterocycles. The lowest BCUT2D eigenvalue weighted by Gasteiger charge is -2.17. The van der Waals surface area contributed by atoms with Gasteiger partial charge in [-0.15, -0.1) is 0 Å². The summed E-state index contributed by atoms with van der Waals surface area (Å²) in [5.41, 5.74) is 2.59. The summed E-state index contributed by atoms with van der Waals surface area (Å²) in [6, 6.07) is 0.443. The highest BCUT2D eigenvalue weighted by Crippen LogP contribution is 2.27. The minimum Gasteiger partial charge on any atom is -0.313 e. The molecule has 94 valence electrons. The maximum atomic E-state index is 4.79. The van der Waals surface area contributed by atoms with Crippen LogP contribution >= 0.6 is 0 Å². The van der Waals surface area contributed by atoms with Crippen molar-refractivity contribution in [3.8, 4) is 0 Å². The van der Waals surface area contributed by atoms with E-state index >= 15 is 0 Å². The van der Waals surface area contributed by atoms with Gasteiger partial charge in [-0.05, 0) is 32.7 Å². The molecule has 1 aliphatic rings. The van der Waals surface area contributed by atoms with Crippen molar-refractivity contribution in [3.05, 3.63) is 23.3 Å². The molecule has 0 bridgehead atoms. The smallest absolute Gasteiger partial charge is 0.131 e. The van der Waals surface area contributed by atoms with E-state index in [2.05, 4.69) is 30.3 Å². The van der Waals surface area contributed by atoms with Crippen LogP contribution in [-0.4, -0.2) is 17.0 Å². The molecule has 1 aromatic rings. The predicted molar refractivity (Wildman–Crippen MR) is 70.1 cm³/mol. The number of rotatable bonds is 3. The van der Waals surface area contributed by atoms with Crippen molar-refractivity contribution in [2.75, 3.05) is 7.05 Å². The maximum absolute atomic E-state index is 4.79. The Balaban J connectivity index is 2.33. The average molecular weight is 233 g/mol. The van der Waals surface area contributed by atoms with E-state index in [1.807, 2.05) is 7.05 Å². The third-order valence-corrected chi connectivity index (χ3v) is 3.85. The van der Waals surface area contributed by atoms with Crippen LogP contribution in [-0.2, 0) is 6.42 Å². The van der Waals surface area contributed by atoms with E-state index in [0.717, 1.165) is 18.7 Å². The Morgan fingerprint density at radius 2 is 2.29 bits per heavy atom. The summed E-state index contributed by atoms with van der Waals surface area (Å²) >= 11 is 0. The highest BCUT2D eigenvalue weighted by molar-refractivity contribution is 5.24. The fourth-order valence-corrected chi connectivity index (χ4v) is 2.45. The second-order valence-corrected chi connectivity index (χ2v) is 5.03. The molecule has 2 unspecified atom stereocenters. The first-order valence-corrected chi connectivity index (χ1v) is 6.79. The predicted octanol–water partition coefficient (Wildman–Crippen LogP) is 2.98. The number of nitrogens with one attached hydrogen (secondary N) is 1. The standard InChI is InChI=1S/C14H23N3/c1-4-10(2)14-16-9-11-12(15-3)7-5-6-8-13(11)17-14/h9-10,12,15H,4-8H2,1-3H3. The second kappa shape index (κ2) is 5.58. The summed E-state index contributed by atoms with van der Waals surface area (Å²) in [7, 11) is 2.03. The van der Waals surface area contributed by atoms with E-state index in [4.69, 9.17) is 4.98 Å². The SMILES string of the molecule is CCC(C)c1ncc2c(n1)CCCCC2NC. The summed E-state index contributed by atoms with van der Waals surface area (Å²) in [6.45, 7) is 4.39. The molecule has 0 spiro atoms. The summed E-state index contributed by atoms with van der Waals surface area (Å²) in [6.07, 6.45) is 8.00. The molecule has 0 aliphatic heterocycles. The monoisotopic (exact) mass is 233 g/mol. The summed E-state index contributed by atoms with van der Waals surface area (Å²) in [5.74, 6) is 1.49. The number of hydrogen-bond donors (Lipinski definition) is 1. The van der Waals surface area contributed by atoms with Crippen LogP contribution in [0.4, 0.5) is 0 Å². The molecule has 3 nitrogen and oxygen atoms in total. The number of nitrogens with zero attached hydrogens (tertiary/aromatic N) is 2. The molecular weight excluding hydrogens is 210 g/mol. The van der Waals surface area contributed by atoms with Crippen molar-refractivity contribution in [1.29, 1.82) is 0 Å². The average Bonchev–Trinajstić information content (AvgIpc) is 2.58. The first-order chi connectivity index (χ1) is 8.26. The van der Waals surface area contributed by atoms with Crippen molar-refractivity contribution in [2.45, 2.75) is 57.9 Å². The topological polar surface area (TPSA) is 37.8 Å². The molecule has 17 heavy (non-hydrogen) atoms. The van der Waals surface area contributed by atoms with Gasteiger partial charge in [-0.25, -0.2) is 9.97 Å². The molecule has 2 rings (SSSR count). The quantitative estimate of drug-likeness (QED) is 0.816. The number of aryl methyl sites for hydroxylation is 1. The first-order valence-electron chi connectivity index (χ1n) is 6.79. The summed E-state index contributed by atoms with van der Waals surface area (Å²) in [5, 5.41) is 3.38. The molecule has 1 aromatic heterocycles. The Kier molecular flexibility index (Phi) is 4.11. The Morgan fingerprint density at radius 3 is 3.00 bits per heavy atom. The van der Waals surface area contributed by atoms with E-state index < -0.39 is 0 Å². The van der Waals surface area contributed by atoms with E-state index in [0.29, 0.717) is 12.0 Å². The molecule has 0 fully saturated rings. The number of hydrogen-bond acceptors (Lipinski definition) is 3. The molecular formula is C14H23N3. The highest BCUT2D eigenvalue weighted by atomic mass is 14.9. The van der Waals surface area contributed by atoms with Gasteiger partial charge in [-0.3, -0.25) is 0 Å². The molecule has 0 amide bonds. The molecule has 1 N–H and O–H groups in total. The highest BCUT2D eigenvalue weighted by Gasteiger charge is 2.20. The molecule has 0 saturated heterocycles. The normalized spacial score (nSPS) is 21.7. The summed E-state index contributed by atoms with van der Waals surface area (Å²) in [4.78, 5) is 9.34. The van der Waals surface area contributed by atoms with Crippen molar-refractivity contribution in [1.82, 2.24) is 15.3 Å². The molecule has 0 aromatic carbocycles. The van der Waals surface area contributed by atoms with Crippen molar-refractivity contribution >= 4 is 0 Å². The minimum atomic E-state index is 0.443. The second-order valence-electron chi connectivity index (χ2n) is 5.03. The van der Waals surface area contributed by atoms with Gasteiger partial charge in [0, 0.05) is 29.4 Å². The van der Waals surface area contributed by atoms with Crippen molar-refractivity contribution < 1.29 is 0 Å². The third kappa shape index (κ3) is 2.65. The minimum absolute atomic E-state index is 0.443. The van der Waals surface area contributed by atoms with Gasteiger partial charge in [0.25, 0.3) is 0 Å². The molecule has 2 atom stereocenters. The van der Waals surface area contributed by atoms with Gasteiger partial charge in [0.2, 0.25) is 0 Å². The maximum Gasteiger partial charge on any atom is 0.131 e. The van der Waals surface area contributed by atoms with Crippen LogP contribution in [0.2, 0.25) is 0 Å². The van der Waals surface area contributed by atoms with Gasteiger partial charge < -0.3 is 5.32 Å². The zero-order chi connectivity index (χ0) is 12.3. The van der Waals surface area contributed by atoms with Gasteiger partial charge in [-0.2, -0.15) is 0 Å². The summed E-state index contributed by atoms with van der Waals surface area (Å²) < 4.78 is 0. The van der Waals surface area contributed by atoms with Crippen LogP contribution in [0, 0.1) is 0 Å². The van der Waals surface area contributed by atoms with E-state index in [-0.39, 0.29) is 0 Å². The van der Waals surface area contributed by atoms with Crippen LogP contribution in [0.25, 0.3) is 0 Å². The molecule has 1 aliphatic carbocycles. The Bertz CT molecular complexity index is 376. The van der Waals surface area contributed by atoms with Gasteiger partial charge in [0.1, 0.15) is 5.82 Å². The van der Waals surface area contributed by atoms with Crippen molar-refractivity contribution in [3.63, 3.8) is 0 Å². The molecule has 0 saturated carbocycles. The van der Waals surface area contributed by atoms with Gasteiger partial charge in [-0.1, -0.05) is 20.3 Å². The van der Waals surface area contributed by atoms with Gasteiger partial charge in [0.05, 0.1) is 0 Å². The first kappa shape index (κ1) is 12.5. The lowest BCUT2D eigenvalue weighted by atomic mass is 10.0. The van der Waals surface area contributed by atoms with E-state index in [1.165, 1.54) is 30.5 Å². The van der Waals surface area contributed by atoms with Gasteiger partial charge in [0.15, 0.2) is 0 Å². The lowest BCUT2D eigenvalue weighted by Crippen LogP contribution is -2.18. The van der Waals surface area contributed by atoms with E-state index in [9.17, 15) is 0 Å². The fraction of sp³-hybridized carbons (Fsp3) is 0.714. The fourth-order valence-electron chi connectivity index (χ4n) is 2.45. The lowest BCUT2D eigenvalue weighted by molar-refractivity contribution is 0.531. The Morgan fingerprint density at radius 1 is 1.47 bits per heavy atom. The number of fused-ring (bicyclic) bond motifs is 1. The zero-order valence-corrected chi connectivity index (χ0v) is 11.2. The molecule has 0 radical (unpaired) electrons. The van der Waals surface area contributed by atoms with Crippen LogP contribution in [0.15, 0.2) is 6.20 Å². The van der Waals surface area contributed by atoms with Crippen LogP contribution in [0.5, 0.6) is 0 Å².